The Balaban J connectivity index is 0.00000181. The molecule has 1 aliphatic rings. The van der Waals surface area contributed by atoms with Crippen molar-refractivity contribution in [3.05, 3.63) is 99.5 Å². The van der Waals surface area contributed by atoms with Gasteiger partial charge in [-0.15, -0.1) is 0 Å². The van der Waals surface area contributed by atoms with Gasteiger partial charge in [-0.05, 0) is 93.5 Å². The molecule has 1 fully saturated rings. The van der Waals surface area contributed by atoms with E-state index in [2.05, 4.69) is 72.4 Å². The Kier molecular flexibility index (Phi) is 14.6. The zero-order valence-electron chi connectivity index (χ0n) is 25.3. The third-order valence-electron chi connectivity index (χ3n) is 6.67. The molecule has 0 aliphatic heterocycles. The minimum atomic E-state index is -2.92. The first kappa shape index (κ1) is 34.5. The van der Waals surface area contributed by atoms with Crippen molar-refractivity contribution < 1.29 is 8.78 Å². The Labute approximate surface area is 244 Å². The smallest absolute Gasteiger partial charge is 0.270 e. The fourth-order valence-corrected chi connectivity index (χ4v) is 4.98. The fraction of sp³-hybridized carbons (Fsp3) is 0.441. The van der Waals surface area contributed by atoms with Crippen LogP contribution in [0.25, 0.3) is 5.70 Å². The molecule has 0 saturated heterocycles. The summed E-state index contributed by atoms with van der Waals surface area (Å²) in [7, 11) is 0. The lowest BCUT2D eigenvalue weighted by molar-refractivity contribution is 0.0163. The number of alkyl halides is 2. The number of rotatable bonds is 7. The van der Waals surface area contributed by atoms with Gasteiger partial charge in [0.1, 0.15) is 0 Å². The predicted octanol–water partition coefficient (Wildman–Crippen LogP) is 11.8. The van der Waals surface area contributed by atoms with Crippen LogP contribution < -0.4 is 0 Å². The van der Waals surface area contributed by atoms with Gasteiger partial charge in [0.25, 0.3) is 5.92 Å². The number of allylic oxidation sites excluding steroid dienone is 5. The number of hydrogen-bond donors (Lipinski definition) is 0. The molecule has 3 rings (SSSR count). The van der Waals surface area contributed by atoms with Gasteiger partial charge in [0.2, 0.25) is 0 Å². The maximum atomic E-state index is 14.5. The van der Waals surface area contributed by atoms with Crippen LogP contribution in [0.15, 0.2) is 87.8 Å². The van der Waals surface area contributed by atoms with Crippen LogP contribution in [0.1, 0.15) is 104 Å². The average molecular weight is 602 g/mol. The van der Waals surface area contributed by atoms with Crippen molar-refractivity contribution in [2.24, 2.45) is 4.99 Å². The minimum absolute atomic E-state index is 0.0735. The summed E-state index contributed by atoms with van der Waals surface area (Å²) in [6.07, 6.45) is 13.7. The molecule has 0 bridgehead atoms. The Morgan fingerprint density at radius 1 is 1.13 bits per heavy atom. The molecule has 39 heavy (non-hydrogen) atoms. The summed E-state index contributed by atoms with van der Waals surface area (Å²) in [5, 5.41) is 0. The molecule has 2 nitrogen and oxygen atoms in total. The minimum Gasteiger partial charge on any atom is -0.327 e. The molecule has 0 spiro atoms. The van der Waals surface area contributed by atoms with E-state index >= 15 is 0 Å². The lowest BCUT2D eigenvalue weighted by Crippen LogP contribution is -2.22. The van der Waals surface area contributed by atoms with Crippen molar-refractivity contribution in [1.82, 2.24) is 4.57 Å². The number of nitrogens with zero attached hydrogens (tertiary/aromatic N) is 2. The van der Waals surface area contributed by atoms with Crippen molar-refractivity contribution in [2.45, 2.75) is 99.8 Å². The summed E-state index contributed by atoms with van der Waals surface area (Å²) in [5.74, 6) is -3.05. The number of benzene rings is 1. The van der Waals surface area contributed by atoms with Gasteiger partial charge in [-0.3, -0.25) is 4.99 Å². The van der Waals surface area contributed by atoms with Crippen LogP contribution in [0.4, 0.5) is 8.78 Å². The van der Waals surface area contributed by atoms with E-state index in [9.17, 15) is 8.78 Å². The second kappa shape index (κ2) is 16.5. The molecular formula is C34H47BrF2N2. The van der Waals surface area contributed by atoms with Crippen molar-refractivity contribution in [3.63, 3.8) is 0 Å². The van der Waals surface area contributed by atoms with Crippen LogP contribution in [0.3, 0.4) is 0 Å². The van der Waals surface area contributed by atoms with Crippen LogP contribution in [-0.2, 0) is 5.92 Å². The van der Waals surface area contributed by atoms with Crippen LogP contribution in [-0.4, -0.2) is 10.3 Å². The van der Waals surface area contributed by atoms with Crippen molar-refractivity contribution in [3.8, 4) is 0 Å². The topological polar surface area (TPSA) is 17.3 Å². The Bertz CT molecular complexity index is 1210. The second-order valence-corrected chi connectivity index (χ2v) is 10.3. The van der Waals surface area contributed by atoms with Gasteiger partial charge >= 0.3 is 0 Å². The van der Waals surface area contributed by atoms with Gasteiger partial charge in [-0.1, -0.05) is 74.8 Å². The number of hydrogen-bond acceptors (Lipinski definition) is 1. The van der Waals surface area contributed by atoms with E-state index in [0.29, 0.717) is 10.0 Å². The third-order valence-corrected chi connectivity index (χ3v) is 7.16. The second-order valence-electron chi connectivity index (χ2n) is 9.36. The highest BCUT2D eigenvalue weighted by Gasteiger charge is 2.33. The molecule has 214 valence electrons. The zero-order chi connectivity index (χ0) is 29.8. The molecule has 0 N–H and O–H groups in total. The molecule has 5 heteroatoms. The van der Waals surface area contributed by atoms with Crippen LogP contribution >= 0.6 is 15.9 Å². The largest absolute Gasteiger partial charge is 0.327 e. The molecule has 1 unspecified atom stereocenters. The normalized spacial score (nSPS) is 17.9. The van der Waals surface area contributed by atoms with E-state index in [1.165, 1.54) is 5.56 Å². The first-order valence-corrected chi connectivity index (χ1v) is 14.9. The van der Waals surface area contributed by atoms with E-state index in [1.54, 1.807) is 6.07 Å². The molecule has 1 saturated carbocycles. The SMILES string of the molecule is C=CC(=C\C(C)=C(/C)n1ccc(C)c1)/C(=C/C)N=C1CCCCC1c1ccc(Br)cc1C(C)(F)F.CC.CC. The van der Waals surface area contributed by atoms with E-state index < -0.39 is 5.92 Å². The third kappa shape index (κ3) is 9.56. The first-order chi connectivity index (χ1) is 18.5. The molecule has 1 aliphatic carbocycles. The van der Waals surface area contributed by atoms with Gasteiger partial charge in [0.05, 0.1) is 5.70 Å². The Hall–Kier alpha value is -2.53. The van der Waals surface area contributed by atoms with Gasteiger partial charge in [-0.2, -0.15) is 0 Å². The zero-order valence-corrected chi connectivity index (χ0v) is 26.9. The number of aromatic nitrogens is 1. The van der Waals surface area contributed by atoms with E-state index in [1.807, 2.05) is 58.9 Å². The van der Waals surface area contributed by atoms with Gasteiger partial charge in [0.15, 0.2) is 0 Å². The summed E-state index contributed by atoms with van der Waals surface area (Å²) < 4.78 is 31.9. The number of aryl methyl sites for hydroxylation is 1. The van der Waals surface area contributed by atoms with Crippen LogP contribution in [0, 0.1) is 6.92 Å². The van der Waals surface area contributed by atoms with Gasteiger partial charge in [0, 0.05) is 46.7 Å². The summed E-state index contributed by atoms with van der Waals surface area (Å²) >= 11 is 3.36. The fourth-order valence-electron chi connectivity index (χ4n) is 4.62. The summed E-state index contributed by atoms with van der Waals surface area (Å²) in [5.41, 5.74) is 6.89. The molecule has 1 aromatic carbocycles. The standard InChI is InChI=1S/C30H35BrF2N2.2C2H6/c1-7-23(17-21(4)22(5)35-16-15-20(3)19-35)28(8-2)34-29-12-10-9-11-26(29)25-14-13-24(31)18-27(25)30(6,32)33;2*1-2/h7-8,13-19,26H,1,9-12H2,2-6H3;2*1-2H3/b22-21+,23-17+,28-8-,34-29?;;. The summed E-state index contributed by atoms with van der Waals surface area (Å²) in [6.45, 7) is 21.2. The van der Waals surface area contributed by atoms with E-state index in [-0.39, 0.29) is 11.5 Å². The van der Waals surface area contributed by atoms with Crippen molar-refractivity contribution >= 4 is 27.3 Å². The highest BCUT2D eigenvalue weighted by Crippen LogP contribution is 2.40. The van der Waals surface area contributed by atoms with Crippen molar-refractivity contribution in [2.75, 3.05) is 0 Å². The van der Waals surface area contributed by atoms with E-state index in [4.69, 9.17) is 4.99 Å². The van der Waals surface area contributed by atoms with Crippen LogP contribution in [0.5, 0.6) is 0 Å². The molecule has 2 aromatic rings. The molecule has 1 heterocycles. The number of halogens is 3. The number of aliphatic imine (C=N–C) groups is 1. The molecule has 0 amide bonds. The maximum Gasteiger partial charge on any atom is 0.270 e. The summed E-state index contributed by atoms with van der Waals surface area (Å²) in [6, 6.07) is 7.31. The average Bonchev–Trinajstić information content (AvgIpc) is 3.38. The molecule has 1 atom stereocenters. The highest BCUT2D eigenvalue weighted by atomic mass is 79.9. The lowest BCUT2D eigenvalue weighted by Gasteiger charge is -2.28. The van der Waals surface area contributed by atoms with Crippen molar-refractivity contribution in [1.29, 1.82) is 0 Å². The first-order valence-electron chi connectivity index (χ1n) is 14.1. The Morgan fingerprint density at radius 3 is 2.33 bits per heavy atom. The molecule has 0 radical (unpaired) electrons. The predicted molar refractivity (Wildman–Crippen MR) is 171 cm³/mol. The molecular weight excluding hydrogens is 554 g/mol. The highest BCUT2D eigenvalue weighted by molar-refractivity contribution is 9.10. The summed E-state index contributed by atoms with van der Waals surface area (Å²) in [4.78, 5) is 5.07. The van der Waals surface area contributed by atoms with Gasteiger partial charge in [-0.25, -0.2) is 8.78 Å². The Morgan fingerprint density at radius 2 is 1.79 bits per heavy atom. The monoisotopic (exact) mass is 600 g/mol. The maximum absolute atomic E-state index is 14.5. The lowest BCUT2D eigenvalue weighted by atomic mass is 9.79. The van der Waals surface area contributed by atoms with Crippen LogP contribution in [0.2, 0.25) is 0 Å². The quantitative estimate of drug-likeness (QED) is 0.281. The molecule has 1 aromatic heterocycles. The van der Waals surface area contributed by atoms with Gasteiger partial charge < -0.3 is 4.57 Å². The van der Waals surface area contributed by atoms with E-state index in [0.717, 1.165) is 60.9 Å².